The number of carbonyl (C=O) groups excluding carboxylic acids is 1. The first-order chi connectivity index (χ1) is 13.9. The highest BCUT2D eigenvalue weighted by Crippen LogP contribution is 2.24. The zero-order chi connectivity index (χ0) is 20.4. The molecule has 0 radical (unpaired) electrons. The molecular weight excluding hydrogens is 432 g/mol. The topological polar surface area (TPSA) is 86.4 Å². The number of thiophene rings is 1. The molecule has 1 atom stereocenters. The van der Waals surface area contributed by atoms with Gasteiger partial charge in [-0.15, -0.1) is 11.3 Å². The highest BCUT2D eigenvalue weighted by Gasteiger charge is 2.32. The van der Waals surface area contributed by atoms with E-state index in [0.29, 0.717) is 24.0 Å². The van der Waals surface area contributed by atoms with E-state index >= 15 is 0 Å². The van der Waals surface area contributed by atoms with Crippen molar-refractivity contribution in [3.05, 3.63) is 57.0 Å². The molecule has 1 unspecified atom stereocenters. The molecule has 0 amide bonds. The van der Waals surface area contributed by atoms with Crippen molar-refractivity contribution < 1.29 is 13.2 Å². The second-order valence-corrected chi connectivity index (χ2v) is 10.3. The predicted molar refractivity (Wildman–Crippen MR) is 115 cm³/mol. The molecule has 1 aliphatic heterocycles. The molecule has 0 aliphatic carbocycles. The Kier molecular flexibility index (Phi) is 5.84. The number of aromatic amines is 1. The Morgan fingerprint density at radius 1 is 1.31 bits per heavy atom. The molecule has 0 spiro atoms. The molecule has 1 saturated heterocycles. The average molecular weight is 451 g/mol. The van der Waals surface area contributed by atoms with E-state index in [9.17, 15) is 13.2 Å². The van der Waals surface area contributed by atoms with E-state index in [-0.39, 0.29) is 6.54 Å². The van der Waals surface area contributed by atoms with E-state index in [2.05, 4.69) is 9.97 Å². The van der Waals surface area contributed by atoms with Crippen molar-refractivity contribution >= 4 is 56.2 Å². The van der Waals surface area contributed by atoms with Gasteiger partial charge in [0.25, 0.3) is 0 Å². The second-order valence-electron chi connectivity index (χ2n) is 6.78. The summed E-state index contributed by atoms with van der Waals surface area (Å²) < 4.78 is 27.3. The Morgan fingerprint density at radius 3 is 2.90 bits per heavy atom. The molecule has 1 aliphatic rings. The third-order valence-corrected chi connectivity index (χ3v) is 7.59. The van der Waals surface area contributed by atoms with Gasteiger partial charge in [0.05, 0.1) is 10.4 Å². The third-order valence-electron chi connectivity index (χ3n) is 4.86. The molecule has 10 heteroatoms. The number of nitrogens with zero attached hydrogens (tertiary/aromatic N) is 3. The summed E-state index contributed by atoms with van der Waals surface area (Å²) in [5.41, 5.74) is 1.95. The monoisotopic (exact) mass is 450 g/mol. The molecule has 29 heavy (non-hydrogen) atoms. The van der Waals surface area contributed by atoms with Gasteiger partial charge in [0.2, 0.25) is 10.0 Å². The molecule has 0 bridgehead atoms. The highest BCUT2D eigenvalue weighted by molar-refractivity contribution is 7.92. The molecule has 7 nitrogen and oxygen atoms in total. The zero-order valence-corrected chi connectivity index (χ0v) is 17.8. The van der Waals surface area contributed by atoms with Gasteiger partial charge in [0.1, 0.15) is 6.29 Å². The van der Waals surface area contributed by atoms with Gasteiger partial charge in [-0.1, -0.05) is 11.6 Å². The highest BCUT2D eigenvalue weighted by atomic mass is 35.5. The fraction of sp³-hybridized carbons (Fsp3) is 0.263. The lowest BCUT2D eigenvalue weighted by molar-refractivity contribution is -0.114. The largest absolute Gasteiger partial charge is 0.357 e. The summed E-state index contributed by atoms with van der Waals surface area (Å²) in [4.78, 5) is 21.8. The third kappa shape index (κ3) is 4.59. The molecule has 1 fully saturated rings. The average Bonchev–Trinajstić information content (AvgIpc) is 3.31. The summed E-state index contributed by atoms with van der Waals surface area (Å²) in [5, 5.41) is 2.18. The minimum atomic E-state index is -3.62. The normalized spacial score (nSPS) is 19.3. The van der Waals surface area contributed by atoms with E-state index < -0.39 is 16.1 Å². The maximum Gasteiger partial charge on any atom is 0.236 e. The second kappa shape index (κ2) is 8.37. The summed E-state index contributed by atoms with van der Waals surface area (Å²) in [7, 11) is -3.62. The van der Waals surface area contributed by atoms with Crippen LogP contribution in [0.3, 0.4) is 0 Å². The molecular formula is C19H19ClN4O3S2. The quantitative estimate of drug-likeness (QED) is 0.583. The van der Waals surface area contributed by atoms with Crippen LogP contribution in [0.15, 0.2) is 42.1 Å². The van der Waals surface area contributed by atoms with E-state index in [0.717, 1.165) is 27.8 Å². The minimum Gasteiger partial charge on any atom is -0.357 e. The molecule has 3 aromatic rings. The van der Waals surface area contributed by atoms with Crippen molar-refractivity contribution in [2.75, 3.05) is 19.6 Å². The number of rotatable bonds is 6. The van der Waals surface area contributed by atoms with E-state index in [4.69, 9.17) is 11.6 Å². The van der Waals surface area contributed by atoms with Gasteiger partial charge in [0, 0.05) is 65.5 Å². The molecule has 0 saturated carbocycles. The van der Waals surface area contributed by atoms with Crippen molar-refractivity contribution in [2.45, 2.75) is 12.6 Å². The first kappa shape index (κ1) is 20.2. The van der Waals surface area contributed by atoms with Gasteiger partial charge in [-0.2, -0.15) is 4.31 Å². The summed E-state index contributed by atoms with van der Waals surface area (Å²) in [6, 6.07) is 6.88. The van der Waals surface area contributed by atoms with Crippen LogP contribution in [-0.4, -0.2) is 59.6 Å². The van der Waals surface area contributed by atoms with Crippen LogP contribution in [0.25, 0.3) is 17.0 Å². The standard InChI is InChI=1S/C19H19ClN4O3S2/c20-19-2-1-17(28-19)4-8-29(26,27)24-7-6-23(16(12-24)13-25)11-15-9-14-10-21-5-3-18(14)22-15/h1-5,8-10,13,16,22H,6-7,11-12H2. The van der Waals surface area contributed by atoms with Crippen LogP contribution in [0.5, 0.6) is 0 Å². The van der Waals surface area contributed by atoms with Crippen LogP contribution in [0, 0.1) is 0 Å². The lowest BCUT2D eigenvalue weighted by Gasteiger charge is -2.37. The number of hydrogen-bond donors (Lipinski definition) is 1. The van der Waals surface area contributed by atoms with Crippen molar-refractivity contribution in [1.29, 1.82) is 0 Å². The lowest BCUT2D eigenvalue weighted by atomic mass is 10.2. The van der Waals surface area contributed by atoms with Gasteiger partial charge in [0.15, 0.2) is 0 Å². The van der Waals surface area contributed by atoms with Crippen LogP contribution in [0.1, 0.15) is 10.6 Å². The molecule has 0 aromatic carbocycles. The van der Waals surface area contributed by atoms with Crippen LogP contribution in [0.4, 0.5) is 0 Å². The number of fused-ring (bicyclic) bond motifs is 1. The molecule has 4 heterocycles. The number of H-pyrrole nitrogens is 1. The fourth-order valence-corrected chi connectivity index (χ4v) is 5.61. The number of carbonyl (C=O) groups is 1. The van der Waals surface area contributed by atoms with Crippen LogP contribution in [-0.2, 0) is 21.4 Å². The Bertz CT molecular complexity index is 1120. The molecule has 1 N–H and O–H groups in total. The number of halogens is 1. The Hall–Kier alpha value is -2.04. The van der Waals surface area contributed by atoms with Crippen molar-refractivity contribution in [3.8, 4) is 0 Å². The lowest BCUT2D eigenvalue weighted by Crippen LogP contribution is -2.54. The Morgan fingerprint density at radius 2 is 2.17 bits per heavy atom. The smallest absolute Gasteiger partial charge is 0.236 e. The number of aldehydes is 1. The summed E-state index contributed by atoms with van der Waals surface area (Å²) in [5.74, 6) is 0. The zero-order valence-electron chi connectivity index (χ0n) is 15.4. The van der Waals surface area contributed by atoms with Gasteiger partial charge in [-0.25, -0.2) is 8.42 Å². The number of aromatic nitrogens is 2. The summed E-state index contributed by atoms with van der Waals surface area (Å²) >= 11 is 7.19. The first-order valence-corrected chi connectivity index (χ1v) is 11.7. The maximum atomic E-state index is 12.7. The Balaban J connectivity index is 1.44. The SMILES string of the molecule is O=CC1CN(S(=O)(=O)C=Cc2ccc(Cl)s2)CCN1Cc1cc2cnccc2[nH]1. The number of sulfonamides is 1. The molecule has 4 rings (SSSR count). The van der Waals surface area contributed by atoms with Crippen LogP contribution >= 0.6 is 22.9 Å². The fourth-order valence-electron chi connectivity index (χ4n) is 3.37. The number of nitrogens with one attached hydrogen (secondary N) is 1. The van der Waals surface area contributed by atoms with E-state index in [1.165, 1.54) is 27.1 Å². The molecule has 152 valence electrons. The van der Waals surface area contributed by atoms with E-state index in [1.807, 2.05) is 17.0 Å². The Labute approximate surface area is 177 Å². The van der Waals surface area contributed by atoms with Crippen molar-refractivity contribution in [3.63, 3.8) is 0 Å². The van der Waals surface area contributed by atoms with Gasteiger partial charge < -0.3 is 9.78 Å². The molecule has 3 aromatic heterocycles. The van der Waals surface area contributed by atoms with Crippen molar-refractivity contribution in [1.82, 2.24) is 19.2 Å². The van der Waals surface area contributed by atoms with Gasteiger partial charge in [-0.05, 0) is 30.3 Å². The predicted octanol–water partition coefficient (Wildman–Crippen LogP) is 2.96. The van der Waals surface area contributed by atoms with Crippen LogP contribution < -0.4 is 0 Å². The summed E-state index contributed by atoms with van der Waals surface area (Å²) in [6.45, 7) is 1.46. The number of hydrogen-bond acceptors (Lipinski definition) is 6. The summed E-state index contributed by atoms with van der Waals surface area (Å²) in [6.07, 6.45) is 5.85. The van der Waals surface area contributed by atoms with Gasteiger partial charge >= 0.3 is 0 Å². The minimum absolute atomic E-state index is 0.128. The first-order valence-electron chi connectivity index (χ1n) is 8.99. The van der Waals surface area contributed by atoms with Crippen molar-refractivity contribution in [2.24, 2.45) is 0 Å². The van der Waals surface area contributed by atoms with E-state index in [1.54, 1.807) is 24.5 Å². The van der Waals surface area contributed by atoms with Gasteiger partial charge in [-0.3, -0.25) is 9.88 Å². The maximum absolute atomic E-state index is 12.7. The number of pyridine rings is 1. The number of piperazine rings is 1. The van der Waals surface area contributed by atoms with Crippen LogP contribution in [0.2, 0.25) is 4.34 Å².